The van der Waals surface area contributed by atoms with Crippen molar-refractivity contribution in [1.82, 2.24) is 5.32 Å². The van der Waals surface area contributed by atoms with Crippen molar-refractivity contribution >= 4 is 0 Å². The Hall–Kier alpha value is -0.960. The fraction of sp³-hybridized carbons (Fsp3) is 0.455. The van der Waals surface area contributed by atoms with E-state index in [-0.39, 0.29) is 0 Å². The van der Waals surface area contributed by atoms with Crippen molar-refractivity contribution in [2.24, 2.45) is 0 Å². The maximum Gasteiger partial charge on any atom is 0.126 e. The highest BCUT2D eigenvalue weighted by Crippen LogP contribution is 2.10. The van der Waals surface area contributed by atoms with Crippen molar-refractivity contribution in [2.75, 3.05) is 7.05 Å². The van der Waals surface area contributed by atoms with E-state index in [1.807, 2.05) is 14.0 Å². The summed E-state index contributed by atoms with van der Waals surface area (Å²) in [6, 6.07) is 4.02. The molecule has 14 heavy (non-hydrogen) atoms. The van der Waals surface area contributed by atoms with Gasteiger partial charge in [0.25, 0.3) is 0 Å². The maximum absolute atomic E-state index is 12.8. The highest BCUT2D eigenvalue weighted by molar-refractivity contribution is 5.18. The first kappa shape index (κ1) is 11.1. The fourth-order valence-corrected chi connectivity index (χ4v) is 1.28. The molecule has 1 N–H and O–H groups in total. The second-order valence-corrected chi connectivity index (χ2v) is 3.51. The second kappa shape index (κ2) is 5.05. The van der Waals surface area contributed by atoms with Gasteiger partial charge in [-0.3, -0.25) is 0 Å². The number of aryl methyl sites for hydroxylation is 1. The summed E-state index contributed by atoms with van der Waals surface area (Å²) >= 11 is 0. The van der Waals surface area contributed by atoms with E-state index in [1.54, 1.807) is 0 Å². The third-order valence-corrected chi connectivity index (χ3v) is 2.28. The van der Waals surface area contributed by atoms with Crippen LogP contribution in [0.15, 0.2) is 18.2 Å². The van der Waals surface area contributed by atoms with Crippen LogP contribution in [0.5, 0.6) is 0 Å². The Balaban J connectivity index is 2.58. The lowest BCUT2D eigenvalue weighted by Crippen LogP contribution is -2.21. The van der Waals surface area contributed by atoms with Crippen LogP contribution in [0.2, 0.25) is 0 Å². The summed E-state index contributed by atoms with van der Waals surface area (Å²) in [6.07, 6.45) is 1.57. The van der Waals surface area contributed by atoms with Gasteiger partial charge in [0.2, 0.25) is 0 Å². The van der Waals surface area contributed by atoms with Gasteiger partial charge in [-0.15, -0.1) is 0 Å². The highest BCUT2D eigenvalue weighted by Gasteiger charge is 2.03. The first-order valence-corrected chi connectivity index (χ1v) is 4.74. The van der Waals surface area contributed by atoms with E-state index in [0.29, 0.717) is 18.0 Å². The Morgan fingerprint density at radius 3 is 2.29 bits per heavy atom. The standard InChI is InChI=1S/C11H15F2N/c1-8(14-2)3-4-9-5-10(12)7-11(13)6-9/h5-8,14H,3-4H2,1-2H3. The summed E-state index contributed by atoms with van der Waals surface area (Å²) in [5.41, 5.74) is 0.713. The summed E-state index contributed by atoms with van der Waals surface area (Å²) < 4.78 is 25.6. The van der Waals surface area contributed by atoms with Crippen LogP contribution in [-0.2, 0) is 6.42 Å². The molecule has 1 rings (SSSR count). The molecule has 0 saturated heterocycles. The van der Waals surface area contributed by atoms with Gasteiger partial charge in [0.1, 0.15) is 11.6 Å². The molecule has 0 heterocycles. The lowest BCUT2D eigenvalue weighted by molar-refractivity contribution is 0.554. The molecule has 0 aliphatic heterocycles. The van der Waals surface area contributed by atoms with Crippen LogP contribution >= 0.6 is 0 Å². The van der Waals surface area contributed by atoms with Gasteiger partial charge in [0, 0.05) is 12.1 Å². The average molecular weight is 199 g/mol. The third kappa shape index (κ3) is 3.42. The van der Waals surface area contributed by atoms with Gasteiger partial charge in [0.05, 0.1) is 0 Å². The molecular formula is C11H15F2N. The Morgan fingerprint density at radius 1 is 1.21 bits per heavy atom. The number of halogens is 2. The number of benzene rings is 1. The number of hydrogen-bond donors (Lipinski definition) is 1. The molecule has 0 aromatic heterocycles. The molecule has 78 valence electrons. The summed E-state index contributed by atoms with van der Waals surface area (Å²) in [7, 11) is 1.87. The van der Waals surface area contributed by atoms with Gasteiger partial charge in [-0.05, 0) is 44.5 Å². The number of nitrogens with one attached hydrogen (secondary N) is 1. The van der Waals surface area contributed by atoms with E-state index in [9.17, 15) is 8.78 Å². The first-order chi connectivity index (χ1) is 6.61. The summed E-state index contributed by atoms with van der Waals surface area (Å²) in [4.78, 5) is 0. The SMILES string of the molecule is CNC(C)CCc1cc(F)cc(F)c1. The van der Waals surface area contributed by atoms with E-state index in [4.69, 9.17) is 0 Å². The van der Waals surface area contributed by atoms with Gasteiger partial charge in [0.15, 0.2) is 0 Å². The Labute approximate surface area is 83.1 Å². The molecule has 1 nitrogen and oxygen atoms in total. The molecule has 1 aromatic rings. The van der Waals surface area contributed by atoms with E-state index >= 15 is 0 Å². The van der Waals surface area contributed by atoms with Crippen LogP contribution in [0.4, 0.5) is 8.78 Å². The molecule has 0 amide bonds. The van der Waals surface area contributed by atoms with Crippen LogP contribution in [0.1, 0.15) is 18.9 Å². The van der Waals surface area contributed by atoms with Crippen molar-refractivity contribution in [1.29, 1.82) is 0 Å². The van der Waals surface area contributed by atoms with Gasteiger partial charge in [-0.25, -0.2) is 8.78 Å². The molecule has 0 aliphatic rings. The zero-order chi connectivity index (χ0) is 10.6. The van der Waals surface area contributed by atoms with E-state index < -0.39 is 11.6 Å². The van der Waals surface area contributed by atoms with Crippen molar-refractivity contribution in [3.05, 3.63) is 35.4 Å². The third-order valence-electron chi connectivity index (χ3n) is 2.28. The number of hydrogen-bond acceptors (Lipinski definition) is 1. The van der Waals surface area contributed by atoms with Crippen LogP contribution in [-0.4, -0.2) is 13.1 Å². The monoisotopic (exact) mass is 199 g/mol. The lowest BCUT2D eigenvalue weighted by Gasteiger charge is -2.09. The zero-order valence-electron chi connectivity index (χ0n) is 8.48. The predicted molar refractivity (Wildman–Crippen MR) is 53.2 cm³/mol. The Morgan fingerprint density at radius 2 is 1.79 bits per heavy atom. The molecule has 1 unspecified atom stereocenters. The summed E-state index contributed by atoms with van der Waals surface area (Å²) in [5, 5.41) is 3.08. The quantitative estimate of drug-likeness (QED) is 0.785. The van der Waals surface area contributed by atoms with Gasteiger partial charge in [-0.1, -0.05) is 0 Å². The molecule has 1 aromatic carbocycles. The van der Waals surface area contributed by atoms with Gasteiger partial charge >= 0.3 is 0 Å². The summed E-state index contributed by atoms with van der Waals surface area (Å²) in [6.45, 7) is 2.04. The largest absolute Gasteiger partial charge is 0.317 e. The minimum atomic E-state index is -0.503. The smallest absolute Gasteiger partial charge is 0.126 e. The molecule has 0 aliphatic carbocycles. The van der Waals surface area contributed by atoms with Crippen molar-refractivity contribution in [3.8, 4) is 0 Å². The Kier molecular flexibility index (Phi) is 4.01. The van der Waals surface area contributed by atoms with Crippen molar-refractivity contribution in [2.45, 2.75) is 25.8 Å². The van der Waals surface area contributed by atoms with Crippen molar-refractivity contribution < 1.29 is 8.78 Å². The van der Waals surface area contributed by atoms with E-state index in [0.717, 1.165) is 12.5 Å². The Bertz CT molecular complexity index is 279. The summed E-state index contributed by atoms with van der Waals surface area (Å²) in [5.74, 6) is -1.01. The van der Waals surface area contributed by atoms with Crippen molar-refractivity contribution in [3.63, 3.8) is 0 Å². The predicted octanol–water partition coefficient (Wildman–Crippen LogP) is 2.51. The lowest BCUT2D eigenvalue weighted by atomic mass is 10.1. The molecule has 3 heteroatoms. The van der Waals surface area contributed by atoms with E-state index in [2.05, 4.69) is 5.32 Å². The van der Waals surface area contributed by atoms with Gasteiger partial charge < -0.3 is 5.32 Å². The number of rotatable bonds is 4. The molecule has 1 atom stereocenters. The topological polar surface area (TPSA) is 12.0 Å². The molecule has 0 spiro atoms. The molecule has 0 saturated carbocycles. The van der Waals surface area contributed by atoms with Crippen LogP contribution in [0.3, 0.4) is 0 Å². The highest BCUT2D eigenvalue weighted by atomic mass is 19.1. The maximum atomic E-state index is 12.8. The minimum Gasteiger partial charge on any atom is -0.317 e. The molecular weight excluding hydrogens is 184 g/mol. The molecule has 0 fully saturated rings. The van der Waals surface area contributed by atoms with Crippen LogP contribution in [0.25, 0.3) is 0 Å². The first-order valence-electron chi connectivity index (χ1n) is 4.74. The van der Waals surface area contributed by atoms with Crippen LogP contribution in [0, 0.1) is 11.6 Å². The zero-order valence-corrected chi connectivity index (χ0v) is 8.48. The van der Waals surface area contributed by atoms with Gasteiger partial charge in [-0.2, -0.15) is 0 Å². The fourth-order valence-electron chi connectivity index (χ4n) is 1.28. The minimum absolute atomic E-state index is 0.362. The van der Waals surface area contributed by atoms with E-state index in [1.165, 1.54) is 12.1 Å². The molecule has 0 radical (unpaired) electrons. The second-order valence-electron chi connectivity index (χ2n) is 3.51. The molecule has 0 bridgehead atoms. The van der Waals surface area contributed by atoms with Crippen LogP contribution < -0.4 is 5.32 Å². The normalized spacial score (nSPS) is 12.9. The average Bonchev–Trinajstić information content (AvgIpc) is 2.12.